The molecule has 0 aliphatic heterocycles. The number of anilines is 1. The fraction of sp³-hybridized carbons (Fsp3) is 0.235. The third-order valence-corrected chi connectivity index (χ3v) is 3.99. The van der Waals surface area contributed by atoms with Crippen LogP contribution in [-0.4, -0.2) is 5.91 Å². The number of carbonyl (C=O) groups is 1. The maximum atomic E-state index is 12.5. The molecule has 2 nitrogen and oxygen atoms in total. The van der Waals surface area contributed by atoms with Gasteiger partial charge in [0.15, 0.2) is 0 Å². The molecular weight excluding hydrogens is 270 g/mol. The van der Waals surface area contributed by atoms with Gasteiger partial charge in [-0.3, -0.25) is 4.79 Å². The summed E-state index contributed by atoms with van der Waals surface area (Å²) in [7, 11) is 0. The summed E-state index contributed by atoms with van der Waals surface area (Å²) in [6.45, 7) is 5.72. The van der Waals surface area contributed by atoms with E-state index < -0.39 is 5.41 Å². The molecule has 0 aliphatic carbocycles. The molecule has 2 aromatic rings. The molecule has 2 aromatic carbocycles. The van der Waals surface area contributed by atoms with E-state index >= 15 is 0 Å². The van der Waals surface area contributed by atoms with E-state index in [4.69, 9.17) is 11.6 Å². The molecule has 0 saturated heterocycles. The minimum absolute atomic E-state index is 0.0472. The smallest absolute Gasteiger partial charge is 0.234 e. The van der Waals surface area contributed by atoms with Crippen LogP contribution in [0.5, 0.6) is 0 Å². The number of rotatable bonds is 3. The zero-order valence-electron chi connectivity index (χ0n) is 11.9. The van der Waals surface area contributed by atoms with Gasteiger partial charge < -0.3 is 5.32 Å². The summed E-state index contributed by atoms with van der Waals surface area (Å²) in [5.41, 5.74) is 2.02. The van der Waals surface area contributed by atoms with Crippen LogP contribution >= 0.6 is 11.6 Å². The Morgan fingerprint density at radius 2 is 1.70 bits per heavy atom. The first-order chi connectivity index (χ1) is 9.43. The SMILES string of the molecule is Cc1c(Cl)cccc1NC(=O)C(C)(C)c1ccccc1. The number of hydrogen-bond acceptors (Lipinski definition) is 1. The Morgan fingerprint density at radius 3 is 2.35 bits per heavy atom. The fourth-order valence-corrected chi connectivity index (χ4v) is 2.18. The Hall–Kier alpha value is -1.80. The average Bonchev–Trinajstić information content (AvgIpc) is 2.44. The number of amides is 1. The van der Waals surface area contributed by atoms with Gasteiger partial charge in [0.1, 0.15) is 0 Å². The van der Waals surface area contributed by atoms with Gasteiger partial charge in [-0.25, -0.2) is 0 Å². The molecule has 0 heterocycles. The van der Waals surface area contributed by atoms with Crippen LogP contribution in [0, 0.1) is 6.92 Å². The largest absolute Gasteiger partial charge is 0.325 e. The molecule has 0 radical (unpaired) electrons. The molecule has 0 aromatic heterocycles. The Bertz CT molecular complexity index is 620. The Kier molecular flexibility index (Phi) is 4.15. The van der Waals surface area contributed by atoms with E-state index in [1.165, 1.54) is 0 Å². The second-order valence-electron chi connectivity index (χ2n) is 5.36. The first kappa shape index (κ1) is 14.6. The van der Waals surface area contributed by atoms with Gasteiger partial charge in [0.2, 0.25) is 5.91 Å². The zero-order chi connectivity index (χ0) is 14.8. The van der Waals surface area contributed by atoms with E-state index in [-0.39, 0.29) is 5.91 Å². The van der Waals surface area contributed by atoms with Crippen LogP contribution in [0.15, 0.2) is 48.5 Å². The van der Waals surface area contributed by atoms with E-state index in [0.29, 0.717) is 5.02 Å². The highest BCUT2D eigenvalue weighted by Gasteiger charge is 2.29. The van der Waals surface area contributed by atoms with E-state index in [0.717, 1.165) is 16.8 Å². The van der Waals surface area contributed by atoms with Crippen molar-refractivity contribution in [2.45, 2.75) is 26.2 Å². The van der Waals surface area contributed by atoms with Crippen LogP contribution in [0.3, 0.4) is 0 Å². The molecule has 0 aliphatic rings. The van der Waals surface area contributed by atoms with Crippen molar-refractivity contribution in [2.75, 3.05) is 5.32 Å². The molecular formula is C17H18ClNO. The standard InChI is InChI=1S/C17H18ClNO/c1-12-14(18)10-7-11-15(12)19-16(20)17(2,3)13-8-5-4-6-9-13/h4-11H,1-3H3,(H,19,20). The third kappa shape index (κ3) is 2.86. The molecule has 1 N–H and O–H groups in total. The second kappa shape index (κ2) is 5.68. The zero-order valence-corrected chi connectivity index (χ0v) is 12.7. The van der Waals surface area contributed by atoms with Crippen molar-refractivity contribution in [1.82, 2.24) is 0 Å². The van der Waals surface area contributed by atoms with Gasteiger partial charge in [0.25, 0.3) is 0 Å². The van der Waals surface area contributed by atoms with Gasteiger partial charge in [-0.1, -0.05) is 48.0 Å². The van der Waals surface area contributed by atoms with Crippen LogP contribution in [-0.2, 0) is 10.2 Å². The van der Waals surface area contributed by atoms with Crippen molar-refractivity contribution < 1.29 is 4.79 Å². The molecule has 0 unspecified atom stereocenters. The van der Waals surface area contributed by atoms with Gasteiger partial charge >= 0.3 is 0 Å². The van der Waals surface area contributed by atoms with Crippen LogP contribution in [0.4, 0.5) is 5.69 Å². The van der Waals surface area contributed by atoms with Crippen LogP contribution in [0.1, 0.15) is 25.0 Å². The topological polar surface area (TPSA) is 29.1 Å². The van der Waals surface area contributed by atoms with Crippen molar-refractivity contribution in [3.8, 4) is 0 Å². The summed E-state index contributed by atoms with van der Waals surface area (Å²) in [4.78, 5) is 12.5. The fourth-order valence-electron chi connectivity index (χ4n) is 2.01. The summed E-state index contributed by atoms with van der Waals surface area (Å²) in [6, 6.07) is 15.3. The quantitative estimate of drug-likeness (QED) is 0.880. The predicted molar refractivity (Wildman–Crippen MR) is 84.3 cm³/mol. The van der Waals surface area contributed by atoms with E-state index in [2.05, 4.69) is 5.32 Å². The summed E-state index contributed by atoms with van der Waals surface area (Å²) in [5.74, 6) is -0.0472. The highest BCUT2D eigenvalue weighted by Crippen LogP contribution is 2.28. The Morgan fingerprint density at radius 1 is 1.05 bits per heavy atom. The van der Waals surface area contributed by atoms with Gasteiger partial charge in [-0.15, -0.1) is 0 Å². The normalized spacial score (nSPS) is 11.2. The maximum absolute atomic E-state index is 12.5. The van der Waals surface area contributed by atoms with Gasteiger partial charge in [0.05, 0.1) is 5.41 Å². The number of carbonyl (C=O) groups excluding carboxylic acids is 1. The molecule has 0 bridgehead atoms. The molecule has 0 atom stereocenters. The number of hydrogen-bond donors (Lipinski definition) is 1. The van der Waals surface area contributed by atoms with Crippen LogP contribution in [0.2, 0.25) is 5.02 Å². The van der Waals surface area contributed by atoms with E-state index in [9.17, 15) is 4.79 Å². The number of halogens is 1. The highest BCUT2D eigenvalue weighted by atomic mass is 35.5. The van der Waals surface area contributed by atoms with Crippen LogP contribution in [0.25, 0.3) is 0 Å². The lowest BCUT2D eigenvalue weighted by Crippen LogP contribution is -2.34. The van der Waals surface area contributed by atoms with Crippen molar-refractivity contribution in [3.63, 3.8) is 0 Å². The number of nitrogens with one attached hydrogen (secondary N) is 1. The molecule has 104 valence electrons. The molecule has 3 heteroatoms. The van der Waals surface area contributed by atoms with E-state index in [1.807, 2.05) is 69.3 Å². The monoisotopic (exact) mass is 287 g/mol. The Balaban J connectivity index is 2.26. The first-order valence-electron chi connectivity index (χ1n) is 6.55. The van der Waals surface area contributed by atoms with Crippen molar-refractivity contribution in [2.24, 2.45) is 0 Å². The highest BCUT2D eigenvalue weighted by molar-refractivity contribution is 6.31. The van der Waals surface area contributed by atoms with E-state index in [1.54, 1.807) is 0 Å². The molecule has 0 saturated carbocycles. The minimum atomic E-state index is -0.601. The summed E-state index contributed by atoms with van der Waals surface area (Å²) in [6.07, 6.45) is 0. The average molecular weight is 288 g/mol. The lowest BCUT2D eigenvalue weighted by molar-refractivity contribution is -0.120. The molecule has 1 amide bonds. The predicted octanol–water partition coefficient (Wildman–Crippen LogP) is 4.56. The summed E-state index contributed by atoms with van der Waals surface area (Å²) in [5, 5.41) is 3.62. The lowest BCUT2D eigenvalue weighted by Gasteiger charge is -2.24. The van der Waals surface area contributed by atoms with Crippen molar-refractivity contribution in [1.29, 1.82) is 0 Å². The molecule has 20 heavy (non-hydrogen) atoms. The molecule has 2 rings (SSSR count). The minimum Gasteiger partial charge on any atom is -0.325 e. The summed E-state index contributed by atoms with van der Waals surface area (Å²) < 4.78 is 0. The number of benzene rings is 2. The summed E-state index contributed by atoms with van der Waals surface area (Å²) >= 11 is 6.08. The van der Waals surface area contributed by atoms with Crippen LogP contribution < -0.4 is 5.32 Å². The Labute approximate surface area is 124 Å². The molecule has 0 fully saturated rings. The van der Waals surface area contributed by atoms with Crippen molar-refractivity contribution in [3.05, 3.63) is 64.7 Å². The molecule has 0 spiro atoms. The second-order valence-corrected chi connectivity index (χ2v) is 5.76. The first-order valence-corrected chi connectivity index (χ1v) is 6.93. The third-order valence-electron chi connectivity index (χ3n) is 3.58. The van der Waals surface area contributed by atoms with Gasteiger partial charge in [0, 0.05) is 10.7 Å². The van der Waals surface area contributed by atoms with Gasteiger partial charge in [-0.2, -0.15) is 0 Å². The van der Waals surface area contributed by atoms with Gasteiger partial charge in [-0.05, 0) is 44.0 Å². The van der Waals surface area contributed by atoms with Crippen molar-refractivity contribution >= 4 is 23.2 Å². The maximum Gasteiger partial charge on any atom is 0.234 e. The lowest BCUT2D eigenvalue weighted by atomic mass is 9.83.